The standard InChI is InChI=1S/C13H20N4O/c1-9-12(8-16(2)15-9)13(18)17-10-3-4-11(17)7-14-6-5-10/h8,10-11,14H,3-7H2,1-2H3. The molecule has 2 aliphatic rings. The van der Waals surface area contributed by atoms with Crippen molar-refractivity contribution in [3.05, 3.63) is 17.5 Å². The number of aromatic nitrogens is 2. The molecule has 3 rings (SSSR count). The predicted octanol–water partition coefficient (Wildman–Crippen LogP) is 0.695. The van der Waals surface area contributed by atoms with Crippen LogP contribution in [-0.4, -0.2) is 45.8 Å². The molecular formula is C13H20N4O. The highest BCUT2D eigenvalue weighted by Gasteiger charge is 2.39. The Hall–Kier alpha value is -1.36. The fraction of sp³-hybridized carbons (Fsp3) is 0.692. The number of hydrogen-bond acceptors (Lipinski definition) is 3. The van der Waals surface area contributed by atoms with Gasteiger partial charge in [0.2, 0.25) is 0 Å². The summed E-state index contributed by atoms with van der Waals surface area (Å²) in [5, 5.41) is 7.69. The van der Waals surface area contributed by atoms with Crippen molar-refractivity contribution < 1.29 is 4.79 Å². The van der Waals surface area contributed by atoms with Gasteiger partial charge in [-0.3, -0.25) is 9.48 Å². The highest BCUT2D eigenvalue weighted by Crippen LogP contribution is 2.29. The van der Waals surface area contributed by atoms with Gasteiger partial charge in [-0.05, 0) is 32.7 Å². The molecule has 5 nitrogen and oxygen atoms in total. The van der Waals surface area contributed by atoms with Crippen LogP contribution in [-0.2, 0) is 7.05 Å². The van der Waals surface area contributed by atoms with Crippen LogP contribution in [0, 0.1) is 6.92 Å². The van der Waals surface area contributed by atoms with E-state index >= 15 is 0 Å². The van der Waals surface area contributed by atoms with E-state index in [4.69, 9.17) is 0 Å². The van der Waals surface area contributed by atoms with Crippen LogP contribution in [0.25, 0.3) is 0 Å². The average molecular weight is 248 g/mol. The number of aryl methyl sites for hydroxylation is 2. The van der Waals surface area contributed by atoms with Gasteiger partial charge in [0.25, 0.3) is 5.91 Å². The lowest BCUT2D eigenvalue weighted by molar-refractivity contribution is 0.0679. The van der Waals surface area contributed by atoms with Crippen LogP contribution in [0.1, 0.15) is 35.3 Å². The average Bonchev–Trinajstić information content (AvgIpc) is 2.76. The molecule has 1 aromatic rings. The summed E-state index contributed by atoms with van der Waals surface area (Å²) in [6.45, 7) is 3.86. The minimum absolute atomic E-state index is 0.164. The Morgan fingerprint density at radius 2 is 2.17 bits per heavy atom. The molecule has 98 valence electrons. The van der Waals surface area contributed by atoms with Crippen LogP contribution in [0.15, 0.2) is 6.20 Å². The molecule has 2 fully saturated rings. The highest BCUT2D eigenvalue weighted by molar-refractivity contribution is 5.95. The Morgan fingerprint density at radius 3 is 2.89 bits per heavy atom. The first-order valence-corrected chi connectivity index (χ1v) is 6.70. The summed E-state index contributed by atoms with van der Waals surface area (Å²) in [6, 6.07) is 0.779. The van der Waals surface area contributed by atoms with Crippen molar-refractivity contribution >= 4 is 5.91 Å². The van der Waals surface area contributed by atoms with Gasteiger partial charge in [0.05, 0.1) is 11.3 Å². The fourth-order valence-corrected chi connectivity index (χ4v) is 3.26. The van der Waals surface area contributed by atoms with E-state index in [1.807, 2.05) is 20.2 Å². The summed E-state index contributed by atoms with van der Waals surface area (Å²) in [7, 11) is 1.86. The predicted molar refractivity (Wildman–Crippen MR) is 68.4 cm³/mol. The van der Waals surface area contributed by atoms with Crippen molar-refractivity contribution in [3.63, 3.8) is 0 Å². The Kier molecular flexibility index (Phi) is 2.86. The van der Waals surface area contributed by atoms with Crippen molar-refractivity contribution in [3.8, 4) is 0 Å². The molecule has 0 aromatic carbocycles. The zero-order chi connectivity index (χ0) is 12.7. The first kappa shape index (κ1) is 11.7. The van der Waals surface area contributed by atoms with Crippen molar-refractivity contribution in [1.29, 1.82) is 0 Å². The minimum atomic E-state index is 0.164. The number of carbonyl (C=O) groups excluding carboxylic acids is 1. The van der Waals surface area contributed by atoms with Crippen molar-refractivity contribution in [2.75, 3.05) is 13.1 Å². The van der Waals surface area contributed by atoms with Crippen molar-refractivity contribution in [1.82, 2.24) is 20.0 Å². The number of nitrogens with one attached hydrogen (secondary N) is 1. The van der Waals surface area contributed by atoms with E-state index in [9.17, 15) is 4.79 Å². The minimum Gasteiger partial charge on any atom is -0.331 e. The second-order valence-corrected chi connectivity index (χ2v) is 5.39. The molecule has 2 bridgehead atoms. The summed E-state index contributed by atoms with van der Waals surface area (Å²) in [5.41, 5.74) is 1.59. The fourth-order valence-electron chi connectivity index (χ4n) is 3.26. The smallest absolute Gasteiger partial charge is 0.257 e. The Bertz CT molecular complexity index is 454. The molecule has 3 heterocycles. The van der Waals surface area contributed by atoms with E-state index < -0.39 is 0 Å². The van der Waals surface area contributed by atoms with Gasteiger partial charge in [0, 0.05) is 31.9 Å². The van der Waals surface area contributed by atoms with Crippen LogP contribution in [0.4, 0.5) is 0 Å². The normalized spacial score (nSPS) is 27.3. The van der Waals surface area contributed by atoms with Gasteiger partial charge >= 0.3 is 0 Å². The second kappa shape index (κ2) is 4.39. The molecule has 2 unspecified atom stereocenters. The largest absolute Gasteiger partial charge is 0.331 e. The van der Waals surface area contributed by atoms with E-state index in [2.05, 4.69) is 15.3 Å². The Morgan fingerprint density at radius 1 is 1.39 bits per heavy atom. The molecule has 2 atom stereocenters. The summed E-state index contributed by atoms with van der Waals surface area (Å²) in [4.78, 5) is 14.8. The lowest BCUT2D eigenvalue weighted by atomic mass is 10.1. The van der Waals surface area contributed by atoms with Crippen molar-refractivity contribution in [2.24, 2.45) is 7.05 Å². The number of amides is 1. The summed E-state index contributed by atoms with van der Waals surface area (Å²) in [6.07, 6.45) is 5.19. The molecule has 1 N–H and O–H groups in total. The maximum atomic E-state index is 12.7. The van der Waals surface area contributed by atoms with Crippen LogP contribution >= 0.6 is 0 Å². The van der Waals surface area contributed by atoms with Crippen LogP contribution in [0.5, 0.6) is 0 Å². The van der Waals surface area contributed by atoms with Gasteiger partial charge in [-0.15, -0.1) is 0 Å². The molecule has 18 heavy (non-hydrogen) atoms. The third-order valence-corrected chi connectivity index (χ3v) is 4.13. The van der Waals surface area contributed by atoms with Crippen molar-refractivity contribution in [2.45, 2.75) is 38.3 Å². The molecule has 0 radical (unpaired) electrons. The van der Waals surface area contributed by atoms with Gasteiger partial charge in [-0.2, -0.15) is 5.10 Å². The first-order chi connectivity index (χ1) is 8.66. The highest BCUT2D eigenvalue weighted by atomic mass is 16.2. The molecule has 2 aliphatic heterocycles. The van der Waals surface area contributed by atoms with Gasteiger partial charge in [-0.25, -0.2) is 0 Å². The third kappa shape index (κ3) is 1.82. The quantitative estimate of drug-likeness (QED) is 0.795. The summed E-state index contributed by atoms with van der Waals surface area (Å²) < 4.78 is 1.72. The monoisotopic (exact) mass is 248 g/mol. The van der Waals surface area contributed by atoms with E-state index in [1.165, 1.54) is 0 Å². The molecule has 0 aliphatic carbocycles. The Labute approximate surface area is 107 Å². The zero-order valence-corrected chi connectivity index (χ0v) is 11.0. The number of rotatable bonds is 1. The number of hydrogen-bond donors (Lipinski definition) is 1. The van der Waals surface area contributed by atoms with Crippen LogP contribution in [0.2, 0.25) is 0 Å². The number of fused-ring (bicyclic) bond motifs is 2. The lowest BCUT2D eigenvalue weighted by Gasteiger charge is -2.27. The SMILES string of the molecule is Cc1nn(C)cc1C(=O)N1C2CCNCC1CC2. The molecule has 1 amide bonds. The number of nitrogens with zero attached hydrogens (tertiary/aromatic N) is 3. The first-order valence-electron chi connectivity index (χ1n) is 6.70. The maximum Gasteiger partial charge on any atom is 0.257 e. The molecule has 1 aromatic heterocycles. The van der Waals surface area contributed by atoms with Crippen LogP contribution in [0.3, 0.4) is 0 Å². The Balaban J connectivity index is 1.90. The maximum absolute atomic E-state index is 12.7. The molecule has 5 heteroatoms. The van der Waals surface area contributed by atoms with E-state index in [1.54, 1.807) is 4.68 Å². The van der Waals surface area contributed by atoms with Gasteiger partial charge < -0.3 is 10.2 Å². The van der Waals surface area contributed by atoms with Gasteiger partial charge in [-0.1, -0.05) is 0 Å². The molecular weight excluding hydrogens is 228 g/mol. The van der Waals surface area contributed by atoms with Gasteiger partial charge in [0.1, 0.15) is 0 Å². The zero-order valence-electron chi connectivity index (χ0n) is 11.0. The second-order valence-electron chi connectivity index (χ2n) is 5.39. The molecule has 2 saturated heterocycles. The number of carbonyl (C=O) groups is 1. The van der Waals surface area contributed by atoms with E-state index in [0.29, 0.717) is 12.1 Å². The third-order valence-electron chi connectivity index (χ3n) is 4.13. The lowest BCUT2D eigenvalue weighted by Crippen LogP contribution is -2.42. The topological polar surface area (TPSA) is 50.2 Å². The van der Waals surface area contributed by atoms with E-state index in [-0.39, 0.29) is 5.91 Å². The summed E-state index contributed by atoms with van der Waals surface area (Å²) in [5.74, 6) is 0.164. The molecule has 0 saturated carbocycles. The molecule has 0 spiro atoms. The van der Waals surface area contributed by atoms with Crippen LogP contribution < -0.4 is 5.32 Å². The summed E-state index contributed by atoms with van der Waals surface area (Å²) >= 11 is 0. The van der Waals surface area contributed by atoms with Gasteiger partial charge in [0.15, 0.2) is 0 Å². The van der Waals surface area contributed by atoms with E-state index in [0.717, 1.165) is 43.6 Å².